The number of H-pyrrole nitrogens is 1. The summed E-state index contributed by atoms with van der Waals surface area (Å²) in [5.74, 6) is 0. The third kappa shape index (κ3) is 4.56. The van der Waals surface area contributed by atoms with Crippen molar-refractivity contribution in [2.24, 2.45) is 0 Å². The van der Waals surface area contributed by atoms with Crippen LogP contribution in [0, 0.1) is 6.92 Å². The minimum atomic E-state index is 0.0138. The maximum absolute atomic E-state index is 13.3. The summed E-state index contributed by atoms with van der Waals surface area (Å²) in [6, 6.07) is 14.6. The van der Waals surface area contributed by atoms with Gasteiger partial charge < -0.3 is 10.2 Å². The molecule has 0 bridgehead atoms. The van der Waals surface area contributed by atoms with Gasteiger partial charge in [0.25, 0.3) is 0 Å². The standard InChI is InChI=1S/C28H31N7O/c1-19-15-20(8-11-29-19)27-24-18-35(14-10-26(24)32-33-27)28(36)31-22-5-4-13-34(17-22)16-21-9-12-30-25-7-3-2-6-23(21)25/h2-3,6-9,11-12,15,22H,4-5,10,13-14,16-18H2,1H3,(H,31,36)(H,32,33)/t22-/m1/s1. The molecule has 3 aromatic heterocycles. The van der Waals surface area contributed by atoms with E-state index in [2.05, 4.69) is 54.6 Å². The lowest BCUT2D eigenvalue weighted by atomic mass is 10.0. The molecule has 2 amide bonds. The summed E-state index contributed by atoms with van der Waals surface area (Å²) < 4.78 is 0. The predicted molar refractivity (Wildman–Crippen MR) is 139 cm³/mol. The Kier molecular flexibility index (Phi) is 6.11. The Morgan fingerprint density at radius 2 is 2.03 bits per heavy atom. The number of aromatic amines is 1. The number of hydrogen-bond acceptors (Lipinski definition) is 5. The van der Waals surface area contributed by atoms with Gasteiger partial charge in [-0.15, -0.1) is 0 Å². The smallest absolute Gasteiger partial charge is 0.317 e. The van der Waals surface area contributed by atoms with Gasteiger partial charge >= 0.3 is 6.03 Å². The molecule has 5 heterocycles. The Morgan fingerprint density at radius 3 is 2.94 bits per heavy atom. The molecule has 1 saturated heterocycles. The zero-order chi connectivity index (χ0) is 24.5. The highest BCUT2D eigenvalue weighted by Crippen LogP contribution is 2.29. The first-order valence-electron chi connectivity index (χ1n) is 12.7. The van der Waals surface area contributed by atoms with E-state index < -0.39 is 0 Å². The van der Waals surface area contributed by atoms with E-state index >= 15 is 0 Å². The minimum Gasteiger partial charge on any atom is -0.334 e. The van der Waals surface area contributed by atoms with E-state index in [1.54, 1.807) is 0 Å². The summed E-state index contributed by atoms with van der Waals surface area (Å²) in [5.41, 5.74) is 7.46. The van der Waals surface area contributed by atoms with E-state index in [1.165, 1.54) is 10.9 Å². The number of benzene rings is 1. The first-order valence-corrected chi connectivity index (χ1v) is 12.7. The third-order valence-corrected chi connectivity index (χ3v) is 7.36. The quantitative estimate of drug-likeness (QED) is 0.459. The molecule has 2 N–H and O–H groups in total. The molecule has 1 aromatic carbocycles. The summed E-state index contributed by atoms with van der Waals surface area (Å²) in [5, 5.41) is 12.3. The van der Waals surface area contributed by atoms with E-state index in [1.807, 2.05) is 42.4 Å². The van der Waals surface area contributed by atoms with Crippen LogP contribution in [-0.4, -0.2) is 61.7 Å². The molecule has 1 atom stereocenters. The lowest BCUT2D eigenvalue weighted by molar-refractivity contribution is 0.160. The molecule has 2 aliphatic rings. The van der Waals surface area contributed by atoms with Crippen LogP contribution in [0.15, 0.2) is 54.9 Å². The second-order valence-electron chi connectivity index (χ2n) is 9.90. The van der Waals surface area contributed by atoms with Gasteiger partial charge in [0.15, 0.2) is 0 Å². The van der Waals surface area contributed by atoms with Crippen LogP contribution < -0.4 is 5.32 Å². The number of hydrogen-bond donors (Lipinski definition) is 2. The Balaban J connectivity index is 1.11. The number of rotatable bonds is 4. The van der Waals surface area contributed by atoms with Crippen molar-refractivity contribution in [1.82, 2.24) is 35.3 Å². The molecule has 0 spiro atoms. The van der Waals surface area contributed by atoms with Gasteiger partial charge in [0, 0.05) is 72.4 Å². The van der Waals surface area contributed by atoms with Gasteiger partial charge in [-0.1, -0.05) is 18.2 Å². The van der Waals surface area contributed by atoms with Crippen molar-refractivity contribution in [1.29, 1.82) is 0 Å². The molecule has 8 nitrogen and oxygen atoms in total. The highest BCUT2D eigenvalue weighted by atomic mass is 16.2. The first kappa shape index (κ1) is 22.7. The number of urea groups is 1. The fourth-order valence-electron chi connectivity index (χ4n) is 5.52. The van der Waals surface area contributed by atoms with Crippen molar-refractivity contribution in [3.05, 3.63) is 77.4 Å². The highest BCUT2D eigenvalue weighted by molar-refractivity contribution is 5.81. The van der Waals surface area contributed by atoms with E-state index in [0.717, 1.165) is 72.6 Å². The summed E-state index contributed by atoms with van der Waals surface area (Å²) in [6.45, 7) is 6.00. The van der Waals surface area contributed by atoms with E-state index in [9.17, 15) is 4.79 Å². The number of carbonyl (C=O) groups excluding carboxylic acids is 1. The predicted octanol–water partition coefficient (Wildman–Crippen LogP) is 4.06. The normalized spacial score (nSPS) is 18.2. The van der Waals surface area contributed by atoms with Crippen LogP contribution >= 0.6 is 0 Å². The number of nitrogens with one attached hydrogen (secondary N) is 2. The van der Waals surface area contributed by atoms with Crippen molar-refractivity contribution in [2.75, 3.05) is 19.6 Å². The number of nitrogens with zero attached hydrogens (tertiary/aromatic N) is 5. The van der Waals surface area contributed by atoms with Gasteiger partial charge in [-0.3, -0.25) is 20.0 Å². The second kappa shape index (κ2) is 9.70. The van der Waals surface area contributed by atoms with E-state index in [0.29, 0.717) is 13.1 Å². The molecule has 0 aliphatic carbocycles. The largest absolute Gasteiger partial charge is 0.334 e. The van der Waals surface area contributed by atoms with Gasteiger partial charge in [-0.2, -0.15) is 5.10 Å². The zero-order valence-corrected chi connectivity index (χ0v) is 20.6. The summed E-state index contributed by atoms with van der Waals surface area (Å²) >= 11 is 0. The van der Waals surface area contributed by atoms with Crippen LogP contribution in [0.1, 0.15) is 35.4 Å². The highest BCUT2D eigenvalue weighted by Gasteiger charge is 2.28. The lowest BCUT2D eigenvalue weighted by Crippen LogP contribution is -2.52. The number of aromatic nitrogens is 4. The van der Waals surface area contributed by atoms with Crippen LogP contribution in [0.4, 0.5) is 4.79 Å². The topological polar surface area (TPSA) is 90.0 Å². The lowest BCUT2D eigenvalue weighted by Gasteiger charge is -2.35. The number of likely N-dealkylation sites (tertiary alicyclic amines) is 1. The van der Waals surface area contributed by atoms with Crippen molar-refractivity contribution in [3.63, 3.8) is 0 Å². The van der Waals surface area contributed by atoms with E-state index in [-0.39, 0.29) is 12.1 Å². The SMILES string of the molecule is Cc1cc(-c2n[nH]c3c2CN(C(=O)N[C@@H]2CCCN(Cc4ccnc5ccccc45)C2)CC3)ccn1. The maximum Gasteiger partial charge on any atom is 0.317 e. The molecular weight excluding hydrogens is 450 g/mol. The molecular formula is C28H31N7O. The fraction of sp³-hybridized carbons (Fsp3) is 0.357. The van der Waals surface area contributed by atoms with Crippen molar-refractivity contribution in [3.8, 4) is 11.3 Å². The molecule has 36 heavy (non-hydrogen) atoms. The number of pyridine rings is 2. The zero-order valence-electron chi connectivity index (χ0n) is 20.6. The van der Waals surface area contributed by atoms with Gasteiger partial charge in [0.2, 0.25) is 0 Å². The van der Waals surface area contributed by atoms with Crippen LogP contribution in [0.5, 0.6) is 0 Å². The monoisotopic (exact) mass is 481 g/mol. The number of piperidine rings is 1. The van der Waals surface area contributed by atoms with Crippen LogP contribution in [-0.2, 0) is 19.5 Å². The Labute approximate surface area is 210 Å². The van der Waals surface area contributed by atoms with Crippen LogP contribution in [0.2, 0.25) is 0 Å². The van der Waals surface area contributed by atoms with Gasteiger partial charge in [-0.05, 0) is 56.1 Å². The van der Waals surface area contributed by atoms with Gasteiger partial charge in [0.05, 0.1) is 17.8 Å². The van der Waals surface area contributed by atoms with Crippen molar-refractivity contribution in [2.45, 2.75) is 45.3 Å². The molecule has 8 heteroatoms. The molecule has 2 aliphatic heterocycles. The molecule has 0 saturated carbocycles. The average molecular weight is 482 g/mol. The average Bonchev–Trinajstić information content (AvgIpc) is 3.33. The number of carbonyl (C=O) groups is 1. The molecule has 0 radical (unpaired) electrons. The molecule has 184 valence electrons. The number of fused-ring (bicyclic) bond motifs is 2. The third-order valence-electron chi connectivity index (χ3n) is 7.36. The van der Waals surface area contributed by atoms with Crippen molar-refractivity contribution >= 4 is 16.9 Å². The fourth-order valence-corrected chi connectivity index (χ4v) is 5.52. The van der Waals surface area contributed by atoms with Gasteiger partial charge in [-0.25, -0.2) is 4.79 Å². The Bertz CT molecular complexity index is 1390. The molecule has 1 fully saturated rings. The summed E-state index contributed by atoms with van der Waals surface area (Å²) in [6.07, 6.45) is 6.56. The van der Waals surface area contributed by atoms with Crippen LogP contribution in [0.25, 0.3) is 22.2 Å². The van der Waals surface area contributed by atoms with Crippen LogP contribution in [0.3, 0.4) is 0 Å². The Hall–Kier alpha value is -3.78. The second-order valence-corrected chi connectivity index (χ2v) is 9.90. The molecule has 4 aromatic rings. The van der Waals surface area contributed by atoms with E-state index in [4.69, 9.17) is 0 Å². The van der Waals surface area contributed by atoms with Gasteiger partial charge in [0.1, 0.15) is 0 Å². The first-order chi connectivity index (χ1) is 17.6. The molecule has 6 rings (SSSR count). The summed E-state index contributed by atoms with van der Waals surface area (Å²) in [7, 11) is 0. The maximum atomic E-state index is 13.3. The Morgan fingerprint density at radius 1 is 1.14 bits per heavy atom. The van der Waals surface area contributed by atoms with Crippen molar-refractivity contribution < 1.29 is 4.79 Å². The number of amides is 2. The molecule has 0 unspecified atom stereocenters. The minimum absolute atomic E-state index is 0.0138. The summed E-state index contributed by atoms with van der Waals surface area (Å²) in [4.78, 5) is 26.4. The number of aryl methyl sites for hydroxylation is 1. The number of para-hydroxylation sites is 1.